The van der Waals surface area contributed by atoms with Crippen LogP contribution in [0, 0.1) is 5.82 Å². The Bertz CT molecular complexity index is 1390. The second-order valence-electron chi connectivity index (χ2n) is 12.2. The van der Waals surface area contributed by atoms with Gasteiger partial charge in [0.2, 0.25) is 17.7 Å². The summed E-state index contributed by atoms with van der Waals surface area (Å²) in [6.07, 6.45) is 3.15. The van der Waals surface area contributed by atoms with Crippen molar-refractivity contribution in [3.63, 3.8) is 0 Å². The fraction of sp³-hybridized carbons (Fsp3) is 0.621. The minimum atomic E-state index is -1.12. The van der Waals surface area contributed by atoms with Gasteiger partial charge in [-0.3, -0.25) is 39.1 Å². The van der Waals surface area contributed by atoms with E-state index < -0.39 is 46.5 Å². The van der Waals surface area contributed by atoms with Crippen LogP contribution in [0.1, 0.15) is 59.2 Å². The zero-order chi connectivity index (χ0) is 31.1. The van der Waals surface area contributed by atoms with Crippen molar-refractivity contribution < 1.29 is 32.6 Å². The number of piperidine rings is 3. The van der Waals surface area contributed by atoms with E-state index in [1.807, 2.05) is 14.1 Å². The van der Waals surface area contributed by atoms with Crippen molar-refractivity contribution in [2.75, 3.05) is 63.8 Å². The molecular weight excluding hydrogens is 593 g/mol. The molecule has 13 nitrogen and oxygen atoms in total. The summed E-state index contributed by atoms with van der Waals surface area (Å²) in [5.74, 6) is -3.24. The molecule has 44 heavy (non-hydrogen) atoms. The average molecular weight is 632 g/mol. The van der Waals surface area contributed by atoms with Crippen molar-refractivity contribution >= 4 is 46.2 Å². The number of nitrogens with one attached hydrogen (secondary N) is 1. The molecule has 0 bridgehead atoms. The number of imide groups is 2. The molecule has 0 aliphatic carbocycles. The zero-order valence-electron chi connectivity index (χ0n) is 24.5. The number of fused-ring (bicyclic) bond motifs is 1. The van der Waals surface area contributed by atoms with Crippen LogP contribution < -0.4 is 16.0 Å². The van der Waals surface area contributed by atoms with Gasteiger partial charge in [0.1, 0.15) is 11.9 Å². The van der Waals surface area contributed by atoms with E-state index in [1.54, 1.807) is 4.90 Å². The molecule has 5 aliphatic rings. The predicted octanol–water partition coefficient (Wildman–Crippen LogP) is -0.573. The summed E-state index contributed by atoms with van der Waals surface area (Å²) in [6.45, 7) is 4.76. The maximum atomic E-state index is 15.2. The summed E-state index contributed by atoms with van der Waals surface area (Å²) < 4.78 is 30.3. The number of hydrogen-bond donors (Lipinski definition) is 2. The number of nitrogens with zero attached hydrogens (tertiary/aromatic N) is 5. The minimum Gasteiger partial charge on any atom is -0.367 e. The van der Waals surface area contributed by atoms with Gasteiger partial charge in [0, 0.05) is 64.8 Å². The van der Waals surface area contributed by atoms with E-state index in [1.165, 1.54) is 6.07 Å². The molecule has 5 aliphatic heterocycles. The number of rotatable bonds is 6. The number of benzene rings is 1. The van der Waals surface area contributed by atoms with Crippen LogP contribution >= 0.6 is 0 Å². The standard InChI is InChI=1S/C29H38FN7O6S/c30-22-15-20-21(29(42)37(28(20)41)23-1-2-25(38)32-27(23)40)16-24(22)34-13-11-33(12-14-34)17-26(39)35-7-5-19(6-8-35)44(43)36-9-3-18(31)4-10-36/h15-16,18-19,23H,1-14,17,31H2,(H,32,38,40). The lowest BCUT2D eigenvalue weighted by atomic mass is 10.0. The highest BCUT2D eigenvalue weighted by molar-refractivity contribution is 7.83. The average Bonchev–Trinajstić information content (AvgIpc) is 3.25. The van der Waals surface area contributed by atoms with Gasteiger partial charge in [-0.15, -0.1) is 0 Å². The molecule has 238 valence electrons. The molecule has 0 saturated carbocycles. The molecule has 0 spiro atoms. The first kappa shape index (κ1) is 30.7. The maximum absolute atomic E-state index is 15.2. The molecule has 15 heteroatoms. The van der Waals surface area contributed by atoms with Gasteiger partial charge in [0.15, 0.2) is 0 Å². The van der Waals surface area contributed by atoms with Crippen LogP contribution in [0.15, 0.2) is 12.1 Å². The summed E-state index contributed by atoms with van der Waals surface area (Å²) in [7, 11) is -1.06. The third kappa shape index (κ3) is 6.02. The Balaban J connectivity index is 1.01. The van der Waals surface area contributed by atoms with Gasteiger partial charge in [-0.1, -0.05) is 0 Å². The number of amides is 5. The van der Waals surface area contributed by atoms with Crippen LogP contribution in [0.2, 0.25) is 0 Å². The summed E-state index contributed by atoms with van der Waals surface area (Å²) in [5, 5.41) is 2.20. The Morgan fingerprint density at radius 2 is 1.52 bits per heavy atom. The molecular formula is C29H38FN7O6S. The number of nitrogens with two attached hydrogens (primary N) is 1. The van der Waals surface area contributed by atoms with Crippen LogP contribution in [0.3, 0.4) is 0 Å². The lowest BCUT2D eigenvalue weighted by Gasteiger charge is -2.38. The van der Waals surface area contributed by atoms with Gasteiger partial charge < -0.3 is 15.5 Å². The summed E-state index contributed by atoms with van der Waals surface area (Å²) >= 11 is 0. The van der Waals surface area contributed by atoms with E-state index in [0.29, 0.717) is 52.1 Å². The summed E-state index contributed by atoms with van der Waals surface area (Å²) in [5.41, 5.74) is 6.09. The van der Waals surface area contributed by atoms with E-state index in [9.17, 15) is 28.2 Å². The number of likely N-dealkylation sites (tertiary alicyclic amines) is 1. The third-order valence-electron chi connectivity index (χ3n) is 9.41. The van der Waals surface area contributed by atoms with Crippen molar-refractivity contribution in [3.05, 3.63) is 29.1 Å². The van der Waals surface area contributed by atoms with Crippen molar-refractivity contribution in [3.8, 4) is 0 Å². The number of carbonyl (C=O) groups is 5. The predicted molar refractivity (Wildman–Crippen MR) is 158 cm³/mol. The van der Waals surface area contributed by atoms with Crippen LogP contribution in [-0.4, -0.2) is 129 Å². The largest absolute Gasteiger partial charge is 0.367 e. The zero-order valence-corrected chi connectivity index (χ0v) is 25.4. The number of piperazine rings is 1. The highest BCUT2D eigenvalue weighted by Gasteiger charge is 2.45. The molecule has 2 atom stereocenters. The van der Waals surface area contributed by atoms with Crippen molar-refractivity contribution in [1.29, 1.82) is 0 Å². The summed E-state index contributed by atoms with van der Waals surface area (Å²) in [6, 6.07) is 1.48. The molecule has 1 aromatic carbocycles. The van der Waals surface area contributed by atoms with Crippen molar-refractivity contribution in [2.24, 2.45) is 5.73 Å². The Kier molecular flexibility index (Phi) is 8.81. The lowest BCUT2D eigenvalue weighted by Crippen LogP contribution is -2.54. The van der Waals surface area contributed by atoms with Crippen LogP contribution in [0.4, 0.5) is 10.1 Å². The van der Waals surface area contributed by atoms with Crippen molar-refractivity contribution in [1.82, 2.24) is 24.3 Å². The van der Waals surface area contributed by atoms with Crippen LogP contribution in [0.25, 0.3) is 0 Å². The first-order valence-electron chi connectivity index (χ1n) is 15.3. The Hall–Kier alpha value is -3.27. The van der Waals surface area contributed by atoms with Gasteiger partial charge in [0.25, 0.3) is 11.8 Å². The lowest BCUT2D eigenvalue weighted by molar-refractivity contribution is -0.136. The topological polar surface area (TPSA) is 157 Å². The van der Waals surface area contributed by atoms with E-state index in [4.69, 9.17) is 5.73 Å². The maximum Gasteiger partial charge on any atom is 0.262 e. The number of halogens is 1. The highest BCUT2D eigenvalue weighted by atomic mass is 32.2. The normalized spacial score (nSPS) is 25.4. The van der Waals surface area contributed by atoms with Gasteiger partial charge in [-0.05, 0) is 44.2 Å². The van der Waals surface area contributed by atoms with Gasteiger partial charge in [-0.2, -0.15) is 0 Å². The van der Waals surface area contributed by atoms with Gasteiger partial charge in [-0.25, -0.2) is 12.9 Å². The Morgan fingerprint density at radius 1 is 0.886 bits per heavy atom. The molecule has 2 unspecified atom stereocenters. The number of hydrogen-bond acceptors (Lipinski definition) is 9. The molecule has 5 amide bonds. The van der Waals surface area contributed by atoms with E-state index in [-0.39, 0.29) is 53.4 Å². The van der Waals surface area contributed by atoms with Gasteiger partial charge in [0.05, 0.1) is 39.6 Å². The van der Waals surface area contributed by atoms with E-state index in [2.05, 4.69) is 5.32 Å². The second-order valence-corrected chi connectivity index (χ2v) is 13.9. The molecule has 0 radical (unpaired) electrons. The smallest absolute Gasteiger partial charge is 0.262 e. The summed E-state index contributed by atoms with van der Waals surface area (Å²) in [4.78, 5) is 69.5. The first-order valence-corrected chi connectivity index (χ1v) is 16.5. The minimum absolute atomic E-state index is 0.00405. The SMILES string of the molecule is NC1CCN(S(=O)C2CCN(C(=O)CN3CCN(c4cc5c(cc4F)C(=O)N(C4CCC(=O)NC4=O)C5=O)CC3)CC2)CC1. The molecule has 0 aromatic heterocycles. The van der Waals surface area contributed by atoms with Crippen LogP contribution in [-0.2, 0) is 25.4 Å². The monoisotopic (exact) mass is 631 g/mol. The molecule has 3 N–H and O–H groups in total. The molecule has 4 saturated heterocycles. The fourth-order valence-corrected chi connectivity index (χ4v) is 8.34. The molecule has 5 heterocycles. The quantitative estimate of drug-likeness (QED) is 0.393. The highest BCUT2D eigenvalue weighted by Crippen LogP contribution is 2.33. The first-order chi connectivity index (χ1) is 21.1. The van der Waals surface area contributed by atoms with E-state index >= 15 is 4.39 Å². The molecule has 6 rings (SSSR count). The van der Waals surface area contributed by atoms with Crippen LogP contribution in [0.5, 0.6) is 0 Å². The molecule has 1 aromatic rings. The van der Waals surface area contributed by atoms with E-state index in [0.717, 1.165) is 36.9 Å². The van der Waals surface area contributed by atoms with Gasteiger partial charge >= 0.3 is 0 Å². The number of anilines is 1. The Morgan fingerprint density at radius 3 is 2.16 bits per heavy atom. The fourth-order valence-electron chi connectivity index (χ4n) is 6.73. The Labute approximate surface area is 257 Å². The number of carbonyl (C=O) groups excluding carboxylic acids is 5. The third-order valence-corrected chi connectivity index (χ3v) is 11.3. The molecule has 4 fully saturated rings. The second kappa shape index (κ2) is 12.6. The van der Waals surface area contributed by atoms with Crippen molar-refractivity contribution in [2.45, 2.75) is 55.9 Å².